The van der Waals surface area contributed by atoms with Crippen LogP contribution < -0.4 is 4.90 Å². The number of aromatic nitrogens is 5. The van der Waals surface area contributed by atoms with E-state index in [1.807, 2.05) is 16.8 Å². The summed E-state index contributed by atoms with van der Waals surface area (Å²) in [6, 6.07) is 2.14. The fourth-order valence-electron chi connectivity index (χ4n) is 3.50. The van der Waals surface area contributed by atoms with Gasteiger partial charge < -0.3 is 9.42 Å². The van der Waals surface area contributed by atoms with E-state index < -0.39 is 0 Å². The van der Waals surface area contributed by atoms with Crippen LogP contribution in [0.2, 0.25) is 0 Å². The summed E-state index contributed by atoms with van der Waals surface area (Å²) in [7, 11) is 0. The van der Waals surface area contributed by atoms with Gasteiger partial charge in [-0.1, -0.05) is 5.16 Å². The van der Waals surface area contributed by atoms with Crippen molar-refractivity contribution >= 4 is 11.5 Å². The van der Waals surface area contributed by atoms with Crippen LogP contribution in [-0.2, 0) is 6.54 Å². The molecule has 0 aromatic carbocycles. The van der Waals surface area contributed by atoms with E-state index in [0.717, 1.165) is 62.1 Å². The monoisotopic (exact) mass is 339 g/mol. The van der Waals surface area contributed by atoms with Crippen molar-refractivity contribution in [3.8, 4) is 0 Å². The Morgan fingerprint density at radius 1 is 1.16 bits per heavy atom. The number of anilines is 1. The molecular weight excluding hydrogens is 318 g/mol. The van der Waals surface area contributed by atoms with Crippen LogP contribution in [0.15, 0.2) is 29.3 Å². The van der Waals surface area contributed by atoms with Gasteiger partial charge in [0.2, 0.25) is 5.65 Å². The molecule has 5 rings (SSSR count). The average molecular weight is 339 g/mol. The zero-order chi connectivity index (χ0) is 16.6. The number of rotatable bonds is 4. The summed E-state index contributed by atoms with van der Waals surface area (Å²) in [4.78, 5) is 9.29. The highest BCUT2D eigenvalue weighted by Crippen LogP contribution is 2.40. The molecule has 1 aliphatic heterocycles. The summed E-state index contributed by atoms with van der Waals surface area (Å²) >= 11 is 0. The molecular formula is C17H21N7O. The van der Waals surface area contributed by atoms with Gasteiger partial charge in [0, 0.05) is 57.1 Å². The minimum Gasteiger partial charge on any atom is -0.361 e. The van der Waals surface area contributed by atoms with Crippen LogP contribution in [0.1, 0.15) is 36.6 Å². The first-order valence-electron chi connectivity index (χ1n) is 8.94. The molecule has 0 spiro atoms. The predicted molar refractivity (Wildman–Crippen MR) is 91.4 cm³/mol. The third-order valence-electron chi connectivity index (χ3n) is 5.03. The summed E-state index contributed by atoms with van der Waals surface area (Å²) < 4.78 is 7.39. The number of fused-ring (bicyclic) bond motifs is 1. The normalized spacial score (nSPS) is 19.4. The standard InChI is InChI=1S/C17H21N7O/c1-5-22(11-14-10-15(25-21-14)13-2-3-13)8-9-23(6-1)16-17-20-19-12-24(17)7-4-18-16/h4,7,10,12-13H,1-3,5-6,8-9,11H2. The quantitative estimate of drug-likeness (QED) is 0.716. The van der Waals surface area contributed by atoms with Crippen molar-refractivity contribution in [2.75, 3.05) is 31.1 Å². The highest BCUT2D eigenvalue weighted by atomic mass is 16.5. The van der Waals surface area contributed by atoms with E-state index in [0.29, 0.717) is 5.92 Å². The van der Waals surface area contributed by atoms with E-state index in [2.05, 4.69) is 36.2 Å². The third-order valence-corrected chi connectivity index (χ3v) is 5.03. The van der Waals surface area contributed by atoms with Crippen molar-refractivity contribution in [1.29, 1.82) is 0 Å². The fraction of sp³-hybridized carbons (Fsp3) is 0.529. The van der Waals surface area contributed by atoms with Crippen molar-refractivity contribution in [3.63, 3.8) is 0 Å². The molecule has 2 fully saturated rings. The Labute approximate surface area is 145 Å². The lowest BCUT2D eigenvalue weighted by atomic mass is 10.2. The smallest absolute Gasteiger partial charge is 0.203 e. The van der Waals surface area contributed by atoms with Crippen LogP contribution in [0.25, 0.3) is 5.65 Å². The molecule has 2 aliphatic rings. The zero-order valence-corrected chi connectivity index (χ0v) is 14.1. The molecule has 1 saturated heterocycles. The molecule has 130 valence electrons. The summed E-state index contributed by atoms with van der Waals surface area (Å²) in [5.41, 5.74) is 1.87. The first kappa shape index (κ1) is 14.8. The van der Waals surface area contributed by atoms with Crippen LogP contribution in [-0.4, -0.2) is 55.8 Å². The first-order chi connectivity index (χ1) is 12.4. The lowest BCUT2D eigenvalue weighted by Gasteiger charge is -2.22. The zero-order valence-electron chi connectivity index (χ0n) is 14.1. The second-order valence-corrected chi connectivity index (χ2v) is 6.92. The second-order valence-electron chi connectivity index (χ2n) is 6.92. The largest absolute Gasteiger partial charge is 0.361 e. The maximum absolute atomic E-state index is 5.48. The Morgan fingerprint density at radius 3 is 3.04 bits per heavy atom. The Morgan fingerprint density at radius 2 is 2.12 bits per heavy atom. The van der Waals surface area contributed by atoms with E-state index in [4.69, 9.17) is 4.52 Å². The minimum absolute atomic E-state index is 0.621. The van der Waals surface area contributed by atoms with E-state index in [-0.39, 0.29) is 0 Å². The van der Waals surface area contributed by atoms with Crippen molar-refractivity contribution in [2.24, 2.45) is 0 Å². The first-order valence-corrected chi connectivity index (χ1v) is 8.94. The molecule has 8 nitrogen and oxygen atoms in total. The maximum atomic E-state index is 5.48. The molecule has 8 heteroatoms. The highest BCUT2D eigenvalue weighted by Gasteiger charge is 2.28. The molecule has 25 heavy (non-hydrogen) atoms. The molecule has 4 heterocycles. The van der Waals surface area contributed by atoms with Gasteiger partial charge in [0.25, 0.3) is 0 Å². The van der Waals surface area contributed by atoms with E-state index in [9.17, 15) is 0 Å². The maximum Gasteiger partial charge on any atom is 0.203 e. The van der Waals surface area contributed by atoms with E-state index in [1.54, 1.807) is 6.33 Å². The lowest BCUT2D eigenvalue weighted by molar-refractivity contribution is 0.273. The van der Waals surface area contributed by atoms with Crippen molar-refractivity contribution in [2.45, 2.75) is 31.7 Å². The lowest BCUT2D eigenvalue weighted by Crippen LogP contribution is -2.31. The number of nitrogens with zero attached hydrogens (tertiary/aromatic N) is 7. The van der Waals surface area contributed by atoms with Gasteiger partial charge in [0.15, 0.2) is 5.82 Å². The van der Waals surface area contributed by atoms with Gasteiger partial charge in [-0.25, -0.2) is 4.98 Å². The summed E-state index contributed by atoms with van der Waals surface area (Å²) in [5.74, 6) is 2.60. The van der Waals surface area contributed by atoms with Crippen LogP contribution in [0.5, 0.6) is 0 Å². The van der Waals surface area contributed by atoms with Crippen molar-refractivity contribution < 1.29 is 4.52 Å². The van der Waals surface area contributed by atoms with Gasteiger partial charge >= 0.3 is 0 Å². The molecule has 1 aliphatic carbocycles. The minimum atomic E-state index is 0.621. The molecule has 0 amide bonds. The molecule has 0 atom stereocenters. The molecule has 0 radical (unpaired) electrons. The van der Waals surface area contributed by atoms with Crippen LogP contribution >= 0.6 is 0 Å². The van der Waals surface area contributed by atoms with Crippen LogP contribution in [0.3, 0.4) is 0 Å². The van der Waals surface area contributed by atoms with Gasteiger partial charge in [-0.3, -0.25) is 9.30 Å². The Hall–Kier alpha value is -2.48. The average Bonchev–Trinajstić information content (AvgIpc) is 3.26. The third kappa shape index (κ3) is 2.97. The van der Waals surface area contributed by atoms with Gasteiger partial charge in [-0.2, -0.15) is 0 Å². The predicted octanol–water partition coefficient (Wildman–Crippen LogP) is 1.70. The van der Waals surface area contributed by atoms with E-state index >= 15 is 0 Å². The summed E-state index contributed by atoms with van der Waals surface area (Å²) in [5, 5.41) is 12.4. The topological polar surface area (TPSA) is 75.6 Å². The molecule has 1 saturated carbocycles. The van der Waals surface area contributed by atoms with E-state index in [1.165, 1.54) is 12.8 Å². The van der Waals surface area contributed by atoms with Gasteiger partial charge in [0.1, 0.15) is 12.1 Å². The second kappa shape index (κ2) is 6.11. The number of hydrogen-bond acceptors (Lipinski definition) is 7. The Kier molecular flexibility index (Phi) is 3.62. The summed E-state index contributed by atoms with van der Waals surface area (Å²) in [6.45, 7) is 4.78. The SMILES string of the molecule is c1cn2cnnc2c(N2CCCN(Cc3cc(C4CC4)on3)CC2)n1. The van der Waals surface area contributed by atoms with Gasteiger partial charge in [-0.05, 0) is 19.3 Å². The van der Waals surface area contributed by atoms with Gasteiger partial charge in [-0.15, -0.1) is 10.2 Å². The van der Waals surface area contributed by atoms with Gasteiger partial charge in [0.05, 0.1) is 5.69 Å². The molecule has 3 aromatic rings. The van der Waals surface area contributed by atoms with Crippen molar-refractivity contribution in [1.82, 2.24) is 29.6 Å². The Balaban J connectivity index is 1.27. The highest BCUT2D eigenvalue weighted by molar-refractivity contribution is 5.63. The molecule has 0 unspecified atom stereocenters. The van der Waals surface area contributed by atoms with Crippen LogP contribution in [0.4, 0.5) is 5.82 Å². The molecule has 0 N–H and O–H groups in total. The Bertz CT molecular complexity index is 869. The fourth-order valence-corrected chi connectivity index (χ4v) is 3.50. The number of hydrogen-bond donors (Lipinski definition) is 0. The molecule has 3 aromatic heterocycles. The van der Waals surface area contributed by atoms with Crippen molar-refractivity contribution in [3.05, 3.63) is 36.2 Å². The summed E-state index contributed by atoms with van der Waals surface area (Å²) in [6.07, 6.45) is 8.98. The molecule has 0 bridgehead atoms. The van der Waals surface area contributed by atoms with Crippen LogP contribution in [0, 0.1) is 0 Å².